The fourth-order valence-electron chi connectivity index (χ4n) is 1.11. The molecule has 74 valence electrons. The molecule has 0 saturated carbocycles. The van der Waals surface area contributed by atoms with Crippen molar-refractivity contribution >= 4 is 6.08 Å². The molecule has 0 aromatic heterocycles. The second kappa shape index (κ2) is 6.06. The van der Waals surface area contributed by atoms with Crippen molar-refractivity contribution in [1.82, 2.24) is 0 Å². The minimum atomic E-state index is 0.885. The summed E-state index contributed by atoms with van der Waals surface area (Å²) in [6.45, 7) is 2.16. The van der Waals surface area contributed by atoms with Crippen molar-refractivity contribution < 1.29 is 4.74 Å². The van der Waals surface area contributed by atoms with E-state index in [0.29, 0.717) is 0 Å². The second-order valence-corrected chi connectivity index (χ2v) is 3.08. The van der Waals surface area contributed by atoms with Gasteiger partial charge in [-0.25, -0.2) is 0 Å². The number of hydrogen-bond acceptors (Lipinski definition) is 1. The summed E-state index contributed by atoms with van der Waals surface area (Å²) in [4.78, 5) is 0. The molecule has 1 heteroatoms. The number of ether oxygens (including phenoxy) is 1. The van der Waals surface area contributed by atoms with Gasteiger partial charge in [0.25, 0.3) is 0 Å². The Morgan fingerprint density at radius 3 is 3.00 bits per heavy atom. The van der Waals surface area contributed by atoms with E-state index in [1.807, 2.05) is 30.3 Å². The van der Waals surface area contributed by atoms with Crippen molar-refractivity contribution in [1.29, 1.82) is 0 Å². The van der Waals surface area contributed by atoms with Gasteiger partial charge in [0.05, 0.1) is 7.11 Å². The Morgan fingerprint density at radius 2 is 2.29 bits per heavy atom. The lowest BCUT2D eigenvalue weighted by Crippen LogP contribution is -1.81. The van der Waals surface area contributed by atoms with Gasteiger partial charge in [0, 0.05) is 0 Å². The van der Waals surface area contributed by atoms with Crippen molar-refractivity contribution in [3.8, 4) is 5.75 Å². The summed E-state index contributed by atoms with van der Waals surface area (Å²) in [6.07, 6.45) is 6.27. The van der Waals surface area contributed by atoms with E-state index in [2.05, 4.69) is 18.7 Å². The van der Waals surface area contributed by atoms with Crippen molar-refractivity contribution in [3.63, 3.8) is 0 Å². The molecule has 1 rings (SSSR count). The fraction of sp³-hybridized carbons (Fsp3) is 0.308. The zero-order valence-corrected chi connectivity index (χ0v) is 8.79. The predicted octanol–water partition coefficient (Wildman–Crippen LogP) is 3.66. The van der Waals surface area contributed by atoms with Crippen LogP contribution in [0.3, 0.4) is 0 Å². The second-order valence-electron chi connectivity index (χ2n) is 3.08. The third-order valence-corrected chi connectivity index (χ3v) is 1.89. The van der Waals surface area contributed by atoms with Crippen LogP contribution in [0.25, 0.3) is 6.08 Å². The third kappa shape index (κ3) is 3.51. The first-order valence-electron chi connectivity index (χ1n) is 4.92. The van der Waals surface area contributed by atoms with E-state index in [0.717, 1.165) is 17.7 Å². The highest BCUT2D eigenvalue weighted by Crippen LogP contribution is 2.13. The highest BCUT2D eigenvalue weighted by atomic mass is 16.5. The molecule has 0 N–H and O–H groups in total. The van der Waals surface area contributed by atoms with Crippen molar-refractivity contribution in [2.45, 2.75) is 19.8 Å². The monoisotopic (exact) mass is 188 g/mol. The minimum Gasteiger partial charge on any atom is -0.497 e. The molecule has 1 aromatic rings. The molecule has 0 atom stereocenters. The van der Waals surface area contributed by atoms with Crippen LogP contribution < -0.4 is 4.74 Å². The molecule has 0 spiro atoms. The molecule has 0 fully saturated rings. The molecule has 0 amide bonds. The van der Waals surface area contributed by atoms with Gasteiger partial charge >= 0.3 is 0 Å². The number of allylic oxidation sites excluding steroid dienone is 1. The van der Waals surface area contributed by atoms with E-state index < -0.39 is 0 Å². The summed E-state index contributed by atoms with van der Waals surface area (Å²) >= 11 is 0. The number of unbranched alkanes of at least 4 members (excludes halogenated alkanes) is 1. The lowest BCUT2D eigenvalue weighted by Gasteiger charge is -1.98. The lowest BCUT2D eigenvalue weighted by atomic mass is 10.2. The molecule has 0 saturated heterocycles. The van der Waals surface area contributed by atoms with Crippen LogP contribution in [0.15, 0.2) is 36.1 Å². The maximum Gasteiger partial charge on any atom is 0.119 e. The Hall–Kier alpha value is -1.46. The van der Waals surface area contributed by atoms with Crippen molar-refractivity contribution in [2.75, 3.05) is 7.11 Å². The average molecular weight is 188 g/mol. The maximum atomic E-state index is 5.12. The molecule has 0 heterocycles. The number of hydrogen-bond donors (Lipinski definition) is 0. The number of benzene rings is 1. The zero-order chi connectivity index (χ0) is 10.2. The molecule has 14 heavy (non-hydrogen) atoms. The largest absolute Gasteiger partial charge is 0.497 e. The van der Waals surface area contributed by atoms with Gasteiger partial charge in [-0.05, 0) is 36.3 Å². The first-order chi connectivity index (χ1) is 6.86. The summed E-state index contributed by atoms with van der Waals surface area (Å²) < 4.78 is 5.12. The first kappa shape index (κ1) is 10.6. The molecule has 1 aromatic carbocycles. The van der Waals surface area contributed by atoms with Crippen LogP contribution in [-0.4, -0.2) is 7.11 Å². The van der Waals surface area contributed by atoms with Crippen molar-refractivity contribution in [3.05, 3.63) is 41.6 Å². The molecule has 0 aliphatic heterocycles. The topological polar surface area (TPSA) is 9.23 Å². The smallest absolute Gasteiger partial charge is 0.119 e. The highest BCUT2D eigenvalue weighted by molar-refractivity contribution is 5.51. The molecule has 1 nitrogen and oxygen atoms in total. The van der Waals surface area contributed by atoms with Crippen LogP contribution in [-0.2, 0) is 0 Å². The van der Waals surface area contributed by atoms with Crippen LogP contribution in [0.5, 0.6) is 5.75 Å². The summed E-state index contributed by atoms with van der Waals surface area (Å²) in [7, 11) is 1.68. The standard InChI is InChI=1S/C13H16O/c1-3-4-5-6-8-12-9-7-10-13(11-12)14-2/h5,7-11H,3-4H2,1-2H3. The lowest BCUT2D eigenvalue weighted by molar-refractivity contribution is 0.414. The van der Waals surface area contributed by atoms with Crippen LogP contribution in [0.1, 0.15) is 25.3 Å². The Morgan fingerprint density at radius 1 is 1.43 bits per heavy atom. The highest BCUT2D eigenvalue weighted by Gasteiger charge is 1.89. The van der Waals surface area contributed by atoms with Gasteiger partial charge in [-0.15, -0.1) is 5.73 Å². The molecule has 0 aliphatic rings. The van der Waals surface area contributed by atoms with Gasteiger partial charge in [0.1, 0.15) is 5.75 Å². The van der Waals surface area contributed by atoms with Gasteiger partial charge in [0.15, 0.2) is 0 Å². The summed E-state index contributed by atoms with van der Waals surface area (Å²) in [5.74, 6) is 0.885. The van der Waals surface area contributed by atoms with Crippen molar-refractivity contribution in [2.24, 2.45) is 0 Å². The first-order valence-corrected chi connectivity index (χ1v) is 4.92. The quantitative estimate of drug-likeness (QED) is 0.655. The number of rotatable bonds is 4. The molecule has 0 unspecified atom stereocenters. The van der Waals surface area contributed by atoms with E-state index in [-0.39, 0.29) is 0 Å². The molecule has 0 aliphatic carbocycles. The fourth-order valence-corrected chi connectivity index (χ4v) is 1.11. The van der Waals surface area contributed by atoms with Crippen LogP contribution in [0, 0.1) is 0 Å². The molecular formula is C13H16O. The SMILES string of the molecule is CCCC=C=Cc1cccc(OC)c1. The summed E-state index contributed by atoms with van der Waals surface area (Å²) in [6, 6.07) is 7.95. The van der Waals surface area contributed by atoms with E-state index in [9.17, 15) is 0 Å². The summed E-state index contributed by atoms with van der Waals surface area (Å²) in [5, 5.41) is 0. The van der Waals surface area contributed by atoms with E-state index in [4.69, 9.17) is 4.74 Å². The van der Waals surface area contributed by atoms with Gasteiger partial charge < -0.3 is 4.74 Å². The average Bonchev–Trinajstić information content (AvgIpc) is 2.25. The van der Waals surface area contributed by atoms with E-state index >= 15 is 0 Å². The Bertz CT molecular complexity index is 333. The van der Waals surface area contributed by atoms with Crippen LogP contribution in [0.4, 0.5) is 0 Å². The molecule has 0 bridgehead atoms. The van der Waals surface area contributed by atoms with Gasteiger partial charge in [-0.1, -0.05) is 25.5 Å². The summed E-state index contributed by atoms with van der Waals surface area (Å²) in [5.41, 5.74) is 4.27. The van der Waals surface area contributed by atoms with E-state index in [1.165, 1.54) is 6.42 Å². The Balaban J connectivity index is 2.71. The minimum absolute atomic E-state index is 0.885. The van der Waals surface area contributed by atoms with Gasteiger partial charge in [-0.2, -0.15) is 0 Å². The Kier molecular flexibility index (Phi) is 4.60. The zero-order valence-electron chi connectivity index (χ0n) is 8.79. The van der Waals surface area contributed by atoms with Crippen LogP contribution >= 0.6 is 0 Å². The predicted molar refractivity (Wildman–Crippen MR) is 60.4 cm³/mol. The normalized spacial score (nSPS) is 9.00. The Labute approximate surface area is 85.7 Å². The molecular weight excluding hydrogens is 172 g/mol. The van der Waals surface area contributed by atoms with Gasteiger partial charge in [-0.3, -0.25) is 0 Å². The third-order valence-electron chi connectivity index (χ3n) is 1.89. The molecule has 0 radical (unpaired) electrons. The maximum absolute atomic E-state index is 5.12. The number of methoxy groups -OCH3 is 1. The van der Waals surface area contributed by atoms with Crippen LogP contribution in [0.2, 0.25) is 0 Å². The van der Waals surface area contributed by atoms with E-state index in [1.54, 1.807) is 7.11 Å². The van der Waals surface area contributed by atoms with Gasteiger partial charge in [0.2, 0.25) is 0 Å².